The zero-order valence-corrected chi connectivity index (χ0v) is 15.5. The van der Waals surface area contributed by atoms with E-state index in [1.807, 2.05) is 31.2 Å². The number of methoxy groups -OCH3 is 1. The molecule has 2 aromatic rings. The van der Waals surface area contributed by atoms with Crippen molar-refractivity contribution < 1.29 is 14.3 Å². The number of rotatable bonds is 7. The average Bonchev–Trinajstić information content (AvgIpc) is 3.04. The normalized spacial score (nSPS) is 11.8. The van der Waals surface area contributed by atoms with Gasteiger partial charge in [-0.15, -0.1) is 11.3 Å². The van der Waals surface area contributed by atoms with Crippen LogP contribution in [0.25, 0.3) is 0 Å². The zero-order valence-electron chi connectivity index (χ0n) is 13.9. The van der Waals surface area contributed by atoms with E-state index < -0.39 is 0 Å². The van der Waals surface area contributed by atoms with Gasteiger partial charge in [0, 0.05) is 19.9 Å². The fourth-order valence-electron chi connectivity index (χ4n) is 2.31. The monoisotopic (exact) mass is 365 g/mol. The van der Waals surface area contributed by atoms with Crippen molar-refractivity contribution in [1.82, 2.24) is 4.90 Å². The van der Waals surface area contributed by atoms with Crippen molar-refractivity contribution in [1.29, 1.82) is 0 Å². The maximum atomic E-state index is 12.3. The van der Waals surface area contributed by atoms with Crippen molar-refractivity contribution >= 4 is 34.6 Å². The number of halogens is 1. The predicted octanol–water partition coefficient (Wildman–Crippen LogP) is 4.59. The van der Waals surface area contributed by atoms with Crippen molar-refractivity contribution in [3.63, 3.8) is 0 Å². The lowest BCUT2D eigenvalue weighted by Crippen LogP contribution is -2.29. The van der Waals surface area contributed by atoms with Crippen molar-refractivity contribution in [3.05, 3.63) is 51.2 Å². The molecule has 1 aromatic carbocycles. The summed E-state index contributed by atoms with van der Waals surface area (Å²) in [6.07, 6.45) is 0.376. The molecule has 1 aromatic heterocycles. The maximum Gasteiger partial charge on any atom is 0.223 e. The minimum atomic E-state index is -0.0744. The van der Waals surface area contributed by atoms with Gasteiger partial charge in [-0.25, -0.2) is 0 Å². The lowest BCUT2D eigenvalue weighted by atomic mass is 10.1. The van der Waals surface area contributed by atoms with E-state index in [2.05, 4.69) is 0 Å². The Labute approximate surface area is 151 Å². The first kappa shape index (κ1) is 18.5. The molecule has 6 heteroatoms. The summed E-state index contributed by atoms with van der Waals surface area (Å²) in [5, 5.41) is 0. The van der Waals surface area contributed by atoms with Gasteiger partial charge in [-0.05, 0) is 36.8 Å². The van der Waals surface area contributed by atoms with Crippen LogP contribution in [0.4, 0.5) is 0 Å². The number of amides is 1. The highest BCUT2D eigenvalue weighted by atomic mass is 35.5. The summed E-state index contributed by atoms with van der Waals surface area (Å²) in [6, 6.07) is 10.9. The topological polar surface area (TPSA) is 46.6 Å². The molecule has 0 spiro atoms. The van der Waals surface area contributed by atoms with Crippen LogP contribution in [-0.4, -0.2) is 30.7 Å². The molecule has 0 bridgehead atoms. The van der Waals surface area contributed by atoms with E-state index in [1.54, 1.807) is 31.2 Å². The second-order valence-corrected chi connectivity index (χ2v) is 7.20. The molecular weight excluding hydrogens is 346 g/mol. The third-order valence-corrected chi connectivity index (χ3v) is 5.26. The molecule has 0 aliphatic rings. The molecule has 0 fully saturated rings. The Balaban J connectivity index is 1.91. The molecule has 4 nitrogen and oxygen atoms in total. The zero-order chi connectivity index (χ0) is 17.7. The number of thiophene rings is 1. The number of carbonyl (C=O) groups is 2. The average molecular weight is 366 g/mol. The van der Waals surface area contributed by atoms with Gasteiger partial charge in [0.2, 0.25) is 5.91 Å². The van der Waals surface area contributed by atoms with Crippen LogP contribution < -0.4 is 4.74 Å². The van der Waals surface area contributed by atoms with Gasteiger partial charge in [0.15, 0.2) is 5.78 Å². The number of carbonyl (C=O) groups excluding carboxylic acids is 2. The molecule has 0 aliphatic carbocycles. The molecule has 2 rings (SSSR count). The predicted molar refractivity (Wildman–Crippen MR) is 97.1 cm³/mol. The lowest BCUT2D eigenvalue weighted by Gasteiger charge is -2.25. The first-order valence-electron chi connectivity index (χ1n) is 7.60. The summed E-state index contributed by atoms with van der Waals surface area (Å²) in [7, 11) is 3.37. The van der Waals surface area contributed by atoms with Gasteiger partial charge in [0.05, 0.1) is 22.4 Å². The smallest absolute Gasteiger partial charge is 0.223 e. The standard InChI is InChI=1S/C18H20ClNO3S/c1-12(13-4-6-14(23-3)7-5-13)20(2)18(22)11-8-15(21)16-9-10-17(19)24-16/h4-7,9-10,12H,8,11H2,1-3H3. The fourth-order valence-corrected chi connectivity index (χ4v) is 3.32. The van der Waals surface area contributed by atoms with Crippen molar-refractivity contribution in [3.8, 4) is 5.75 Å². The summed E-state index contributed by atoms with van der Waals surface area (Å²) in [5.41, 5.74) is 1.02. The highest BCUT2D eigenvalue weighted by Crippen LogP contribution is 2.24. The van der Waals surface area contributed by atoms with E-state index in [0.29, 0.717) is 9.21 Å². The number of hydrogen-bond acceptors (Lipinski definition) is 4. The summed E-state index contributed by atoms with van der Waals surface area (Å²) in [4.78, 5) is 26.7. The van der Waals surface area contributed by atoms with E-state index >= 15 is 0 Å². The quantitative estimate of drug-likeness (QED) is 0.674. The lowest BCUT2D eigenvalue weighted by molar-refractivity contribution is -0.131. The summed E-state index contributed by atoms with van der Waals surface area (Å²) in [6.45, 7) is 1.96. The molecule has 1 atom stereocenters. The Bertz CT molecular complexity index is 711. The molecule has 0 aliphatic heterocycles. The molecular formula is C18H20ClNO3S. The van der Waals surface area contributed by atoms with Crippen LogP contribution in [-0.2, 0) is 4.79 Å². The highest BCUT2D eigenvalue weighted by Gasteiger charge is 2.19. The van der Waals surface area contributed by atoms with Crippen molar-refractivity contribution in [2.75, 3.05) is 14.2 Å². The SMILES string of the molecule is COc1ccc(C(C)N(C)C(=O)CCC(=O)c2ccc(Cl)s2)cc1. The Morgan fingerprint density at radius 1 is 1.17 bits per heavy atom. The van der Waals surface area contributed by atoms with E-state index in [1.165, 1.54) is 11.3 Å². The molecule has 1 unspecified atom stereocenters. The van der Waals surface area contributed by atoms with Crippen LogP contribution in [0.1, 0.15) is 41.0 Å². The molecule has 1 heterocycles. The third-order valence-electron chi connectivity index (χ3n) is 3.99. The van der Waals surface area contributed by atoms with E-state index in [4.69, 9.17) is 16.3 Å². The van der Waals surface area contributed by atoms with Crippen LogP contribution in [0, 0.1) is 0 Å². The fraction of sp³-hybridized carbons (Fsp3) is 0.333. The van der Waals surface area contributed by atoms with Gasteiger partial charge in [0.25, 0.3) is 0 Å². The molecule has 1 amide bonds. The van der Waals surface area contributed by atoms with E-state index in [9.17, 15) is 9.59 Å². The van der Waals surface area contributed by atoms with Gasteiger partial charge >= 0.3 is 0 Å². The third kappa shape index (κ3) is 4.58. The molecule has 0 saturated carbocycles. The number of hydrogen-bond donors (Lipinski definition) is 0. The van der Waals surface area contributed by atoms with Gasteiger partial charge in [0.1, 0.15) is 5.75 Å². The minimum Gasteiger partial charge on any atom is -0.497 e. The van der Waals surface area contributed by atoms with Gasteiger partial charge < -0.3 is 9.64 Å². The summed E-state index contributed by atoms with van der Waals surface area (Å²) in [5.74, 6) is 0.667. The van der Waals surface area contributed by atoms with Gasteiger partial charge in [-0.3, -0.25) is 9.59 Å². The van der Waals surface area contributed by atoms with Crippen LogP contribution in [0.15, 0.2) is 36.4 Å². The Morgan fingerprint density at radius 3 is 2.38 bits per heavy atom. The van der Waals surface area contributed by atoms with Crippen molar-refractivity contribution in [2.45, 2.75) is 25.8 Å². The minimum absolute atomic E-state index is 0.0502. The summed E-state index contributed by atoms with van der Waals surface area (Å²) < 4.78 is 5.72. The molecule has 128 valence electrons. The van der Waals surface area contributed by atoms with Crippen molar-refractivity contribution in [2.24, 2.45) is 0 Å². The van der Waals surface area contributed by atoms with Crippen LogP contribution >= 0.6 is 22.9 Å². The second kappa shape index (κ2) is 8.31. The van der Waals surface area contributed by atoms with Crippen LogP contribution in [0.5, 0.6) is 5.75 Å². The maximum absolute atomic E-state index is 12.3. The summed E-state index contributed by atoms with van der Waals surface area (Å²) >= 11 is 7.07. The molecule has 0 saturated heterocycles. The Kier molecular flexibility index (Phi) is 6.40. The van der Waals surface area contributed by atoms with E-state index in [0.717, 1.165) is 11.3 Å². The Hall–Kier alpha value is -1.85. The number of ketones is 1. The number of ether oxygens (including phenoxy) is 1. The van der Waals surface area contributed by atoms with Gasteiger partial charge in [-0.2, -0.15) is 0 Å². The molecule has 0 radical (unpaired) electrons. The second-order valence-electron chi connectivity index (χ2n) is 5.48. The first-order chi connectivity index (χ1) is 11.4. The highest BCUT2D eigenvalue weighted by molar-refractivity contribution is 7.18. The van der Waals surface area contributed by atoms with Crippen LogP contribution in [0.3, 0.4) is 0 Å². The molecule has 24 heavy (non-hydrogen) atoms. The number of benzene rings is 1. The largest absolute Gasteiger partial charge is 0.497 e. The van der Waals surface area contributed by atoms with Gasteiger partial charge in [-0.1, -0.05) is 23.7 Å². The molecule has 0 N–H and O–H groups in total. The van der Waals surface area contributed by atoms with Crippen LogP contribution in [0.2, 0.25) is 4.34 Å². The Morgan fingerprint density at radius 2 is 1.83 bits per heavy atom. The number of nitrogens with zero attached hydrogens (tertiary/aromatic N) is 1. The number of Topliss-reactive ketones (excluding diaryl/α,β-unsaturated/α-hetero) is 1. The van der Waals surface area contributed by atoms with E-state index in [-0.39, 0.29) is 30.6 Å². The first-order valence-corrected chi connectivity index (χ1v) is 8.80.